The molecule has 0 amide bonds. The molecule has 2 aromatic carbocycles. The third kappa shape index (κ3) is 4.36. The predicted molar refractivity (Wildman–Crippen MR) is 84.2 cm³/mol. The van der Waals surface area contributed by atoms with Crippen LogP contribution < -0.4 is 9.47 Å². The fourth-order valence-corrected chi connectivity index (χ4v) is 2.47. The van der Waals surface area contributed by atoms with Crippen LogP contribution in [-0.4, -0.2) is 13.2 Å². The first-order valence-corrected chi connectivity index (χ1v) is 7.68. The lowest BCUT2D eigenvalue weighted by molar-refractivity contribution is 0.216. The molecule has 0 atom stereocenters. The highest BCUT2D eigenvalue weighted by molar-refractivity contribution is 9.10. The predicted octanol–water partition coefficient (Wildman–Crippen LogP) is 5.46. The standard InChI is InChI=1S/C14H10Br2ClFO2/c15-9-1-3-10(4-2-9)19-5-6-20-14-8-13(18)12(17)7-11(14)16/h1-4,7-8H,5-6H2. The lowest BCUT2D eigenvalue weighted by Gasteiger charge is -2.10. The van der Waals surface area contributed by atoms with E-state index in [2.05, 4.69) is 31.9 Å². The summed E-state index contributed by atoms with van der Waals surface area (Å²) in [6, 6.07) is 10.2. The Labute approximate surface area is 138 Å². The molecule has 2 aromatic rings. The minimum atomic E-state index is -0.515. The van der Waals surface area contributed by atoms with E-state index in [0.717, 1.165) is 10.2 Å². The van der Waals surface area contributed by atoms with E-state index in [1.165, 1.54) is 12.1 Å². The molecule has 0 bridgehead atoms. The van der Waals surface area contributed by atoms with E-state index in [1.807, 2.05) is 24.3 Å². The largest absolute Gasteiger partial charge is 0.490 e. The zero-order chi connectivity index (χ0) is 14.5. The first kappa shape index (κ1) is 15.6. The van der Waals surface area contributed by atoms with Crippen LogP contribution in [0.25, 0.3) is 0 Å². The lowest BCUT2D eigenvalue weighted by Crippen LogP contribution is -2.09. The van der Waals surface area contributed by atoms with Crippen LogP contribution in [-0.2, 0) is 0 Å². The summed E-state index contributed by atoms with van der Waals surface area (Å²) in [4.78, 5) is 0. The van der Waals surface area contributed by atoms with E-state index in [-0.39, 0.29) is 5.02 Å². The van der Waals surface area contributed by atoms with Gasteiger partial charge in [0.05, 0.1) is 9.50 Å². The average Bonchev–Trinajstić information content (AvgIpc) is 2.42. The highest BCUT2D eigenvalue weighted by Crippen LogP contribution is 2.30. The van der Waals surface area contributed by atoms with E-state index in [9.17, 15) is 4.39 Å². The van der Waals surface area contributed by atoms with Crippen LogP contribution in [0.1, 0.15) is 0 Å². The Balaban J connectivity index is 1.84. The van der Waals surface area contributed by atoms with E-state index in [0.29, 0.717) is 23.4 Å². The molecule has 0 saturated heterocycles. The molecule has 2 rings (SSSR count). The van der Waals surface area contributed by atoms with Gasteiger partial charge in [0.1, 0.15) is 30.5 Å². The molecule has 0 N–H and O–H groups in total. The van der Waals surface area contributed by atoms with Gasteiger partial charge in [0, 0.05) is 10.5 Å². The summed E-state index contributed by atoms with van der Waals surface area (Å²) in [7, 11) is 0. The third-order valence-corrected chi connectivity index (χ3v) is 3.84. The number of benzene rings is 2. The van der Waals surface area contributed by atoms with Crippen molar-refractivity contribution in [2.45, 2.75) is 0 Å². The maximum atomic E-state index is 13.3. The molecule has 0 spiro atoms. The molecule has 0 unspecified atom stereocenters. The molecular formula is C14H10Br2ClFO2. The topological polar surface area (TPSA) is 18.5 Å². The molecule has 2 nitrogen and oxygen atoms in total. The summed E-state index contributed by atoms with van der Waals surface area (Å²) in [5.41, 5.74) is 0. The highest BCUT2D eigenvalue weighted by Gasteiger charge is 2.07. The molecule has 106 valence electrons. The Morgan fingerprint density at radius 3 is 2.35 bits per heavy atom. The summed E-state index contributed by atoms with van der Waals surface area (Å²) < 4.78 is 25.8. The second-order valence-electron chi connectivity index (χ2n) is 3.85. The van der Waals surface area contributed by atoms with Gasteiger partial charge in [0.15, 0.2) is 0 Å². The molecule has 0 aliphatic heterocycles. The normalized spacial score (nSPS) is 10.4. The fraction of sp³-hybridized carbons (Fsp3) is 0.143. The van der Waals surface area contributed by atoms with E-state index >= 15 is 0 Å². The minimum Gasteiger partial charge on any atom is -0.490 e. The van der Waals surface area contributed by atoms with Crippen LogP contribution in [0.3, 0.4) is 0 Å². The van der Waals surface area contributed by atoms with Crippen molar-refractivity contribution in [1.29, 1.82) is 0 Å². The van der Waals surface area contributed by atoms with Crippen LogP contribution >= 0.6 is 43.5 Å². The quantitative estimate of drug-likeness (QED) is 0.469. The van der Waals surface area contributed by atoms with Gasteiger partial charge >= 0.3 is 0 Å². The Hall–Kier alpha value is -0.780. The second kappa shape index (κ2) is 7.29. The SMILES string of the molecule is Fc1cc(OCCOc2ccc(Br)cc2)c(Br)cc1Cl. The Bertz CT molecular complexity index is 590. The van der Waals surface area contributed by atoms with Crippen molar-refractivity contribution in [2.75, 3.05) is 13.2 Å². The van der Waals surface area contributed by atoms with Crippen molar-refractivity contribution >= 4 is 43.5 Å². The van der Waals surface area contributed by atoms with Gasteiger partial charge in [-0.05, 0) is 46.3 Å². The molecule has 0 fully saturated rings. The summed E-state index contributed by atoms with van der Waals surface area (Å²) >= 11 is 12.3. The van der Waals surface area contributed by atoms with Gasteiger partial charge in [-0.3, -0.25) is 0 Å². The van der Waals surface area contributed by atoms with Crippen LogP contribution in [0, 0.1) is 5.82 Å². The van der Waals surface area contributed by atoms with Crippen molar-refractivity contribution in [1.82, 2.24) is 0 Å². The van der Waals surface area contributed by atoms with Crippen molar-refractivity contribution in [3.8, 4) is 11.5 Å². The molecule has 0 aliphatic carbocycles. The first-order valence-electron chi connectivity index (χ1n) is 5.72. The smallest absolute Gasteiger partial charge is 0.145 e. The highest BCUT2D eigenvalue weighted by atomic mass is 79.9. The Kier molecular flexibility index (Phi) is 5.69. The van der Waals surface area contributed by atoms with Gasteiger partial charge in [0.2, 0.25) is 0 Å². The van der Waals surface area contributed by atoms with Gasteiger partial charge in [0.25, 0.3) is 0 Å². The molecule has 0 heterocycles. The van der Waals surface area contributed by atoms with Gasteiger partial charge in [-0.1, -0.05) is 27.5 Å². The minimum absolute atomic E-state index is 0.0512. The van der Waals surface area contributed by atoms with Crippen molar-refractivity contribution in [3.05, 3.63) is 56.2 Å². The lowest BCUT2D eigenvalue weighted by atomic mass is 10.3. The summed E-state index contributed by atoms with van der Waals surface area (Å²) in [6.07, 6.45) is 0. The number of hydrogen-bond acceptors (Lipinski definition) is 2. The summed E-state index contributed by atoms with van der Waals surface area (Å²) in [6.45, 7) is 0.661. The monoisotopic (exact) mass is 422 g/mol. The molecule has 0 saturated carbocycles. The Morgan fingerprint density at radius 2 is 1.65 bits per heavy atom. The average molecular weight is 424 g/mol. The van der Waals surface area contributed by atoms with E-state index < -0.39 is 5.82 Å². The van der Waals surface area contributed by atoms with Gasteiger partial charge < -0.3 is 9.47 Å². The van der Waals surface area contributed by atoms with Crippen molar-refractivity contribution in [3.63, 3.8) is 0 Å². The van der Waals surface area contributed by atoms with E-state index in [4.69, 9.17) is 21.1 Å². The van der Waals surface area contributed by atoms with Crippen LogP contribution in [0.2, 0.25) is 5.02 Å². The molecular weight excluding hydrogens is 414 g/mol. The summed E-state index contributed by atoms with van der Waals surface area (Å²) in [5.74, 6) is 0.628. The summed E-state index contributed by atoms with van der Waals surface area (Å²) in [5, 5.41) is 0.0512. The van der Waals surface area contributed by atoms with Gasteiger partial charge in [-0.25, -0.2) is 4.39 Å². The third-order valence-electron chi connectivity index (χ3n) is 2.40. The van der Waals surface area contributed by atoms with Gasteiger partial charge in [-0.2, -0.15) is 0 Å². The van der Waals surface area contributed by atoms with Crippen LogP contribution in [0.5, 0.6) is 11.5 Å². The molecule has 20 heavy (non-hydrogen) atoms. The molecule has 0 radical (unpaired) electrons. The number of halogens is 4. The zero-order valence-corrected chi connectivity index (χ0v) is 14.1. The van der Waals surface area contributed by atoms with E-state index in [1.54, 1.807) is 0 Å². The second-order valence-corrected chi connectivity index (χ2v) is 6.02. The van der Waals surface area contributed by atoms with Gasteiger partial charge in [-0.15, -0.1) is 0 Å². The Morgan fingerprint density at radius 1 is 1.00 bits per heavy atom. The fourth-order valence-electron chi connectivity index (χ4n) is 1.46. The van der Waals surface area contributed by atoms with Crippen molar-refractivity contribution < 1.29 is 13.9 Å². The molecule has 0 aliphatic rings. The van der Waals surface area contributed by atoms with Crippen LogP contribution in [0.15, 0.2) is 45.3 Å². The molecule has 6 heteroatoms. The van der Waals surface area contributed by atoms with Crippen LogP contribution in [0.4, 0.5) is 4.39 Å². The maximum Gasteiger partial charge on any atom is 0.145 e. The molecule has 0 aromatic heterocycles. The number of ether oxygens (including phenoxy) is 2. The maximum absolute atomic E-state index is 13.3. The first-order chi connectivity index (χ1) is 9.56. The number of hydrogen-bond donors (Lipinski definition) is 0. The van der Waals surface area contributed by atoms with Crippen molar-refractivity contribution in [2.24, 2.45) is 0 Å². The zero-order valence-electron chi connectivity index (χ0n) is 10.2. The number of rotatable bonds is 5.